The molecule has 3 heteroatoms. The number of benzene rings is 2. The van der Waals surface area contributed by atoms with Gasteiger partial charge in [-0.3, -0.25) is 4.79 Å². The van der Waals surface area contributed by atoms with Crippen LogP contribution in [-0.4, -0.2) is 12.5 Å². The monoisotopic (exact) mass is 268 g/mol. The van der Waals surface area contributed by atoms with Crippen molar-refractivity contribution in [3.63, 3.8) is 0 Å². The SMILES string of the molecule is Cc1ccccc1CNC(=O)C(CN)c1ccccc1. The normalized spacial score (nSPS) is 11.9. The number of nitrogens with two attached hydrogens (primary N) is 1. The van der Waals surface area contributed by atoms with Gasteiger partial charge in [0.25, 0.3) is 0 Å². The molecule has 1 amide bonds. The third-order valence-corrected chi connectivity index (χ3v) is 3.47. The van der Waals surface area contributed by atoms with E-state index in [0.29, 0.717) is 13.1 Å². The Balaban J connectivity index is 2.02. The summed E-state index contributed by atoms with van der Waals surface area (Å²) in [5.41, 5.74) is 9.01. The number of nitrogens with one attached hydrogen (secondary N) is 1. The minimum atomic E-state index is -0.291. The highest BCUT2D eigenvalue weighted by Crippen LogP contribution is 2.15. The molecule has 20 heavy (non-hydrogen) atoms. The van der Waals surface area contributed by atoms with Crippen LogP contribution in [0.1, 0.15) is 22.6 Å². The van der Waals surface area contributed by atoms with Crippen LogP contribution >= 0.6 is 0 Å². The Labute approximate surface area is 119 Å². The summed E-state index contributed by atoms with van der Waals surface area (Å²) < 4.78 is 0. The minimum absolute atomic E-state index is 0.0260. The van der Waals surface area contributed by atoms with Crippen molar-refractivity contribution in [3.05, 3.63) is 71.3 Å². The van der Waals surface area contributed by atoms with E-state index in [1.165, 1.54) is 5.56 Å². The summed E-state index contributed by atoms with van der Waals surface area (Å²) in [4.78, 5) is 12.3. The Morgan fingerprint density at radius 3 is 2.40 bits per heavy atom. The number of rotatable bonds is 5. The van der Waals surface area contributed by atoms with Crippen LogP contribution in [0.3, 0.4) is 0 Å². The zero-order chi connectivity index (χ0) is 14.4. The number of hydrogen-bond acceptors (Lipinski definition) is 2. The molecular formula is C17H20N2O. The van der Waals surface area contributed by atoms with Crippen LogP contribution in [0.4, 0.5) is 0 Å². The van der Waals surface area contributed by atoms with E-state index >= 15 is 0 Å². The number of amides is 1. The van der Waals surface area contributed by atoms with Crippen molar-refractivity contribution in [1.82, 2.24) is 5.32 Å². The summed E-state index contributed by atoms with van der Waals surface area (Å²) in [7, 11) is 0. The maximum atomic E-state index is 12.3. The van der Waals surface area contributed by atoms with Gasteiger partial charge in [0, 0.05) is 13.1 Å². The first-order valence-electron chi connectivity index (χ1n) is 6.79. The van der Waals surface area contributed by atoms with Crippen LogP contribution in [0.5, 0.6) is 0 Å². The van der Waals surface area contributed by atoms with Gasteiger partial charge in [-0.25, -0.2) is 0 Å². The quantitative estimate of drug-likeness (QED) is 0.874. The second kappa shape index (κ2) is 6.87. The van der Waals surface area contributed by atoms with E-state index in [1.54, 1.807) is 0 Å². The van der Waals surface area contributed by atoms with Crippen LogP contribution < -0.4 is 11.1 Å². The number of carbonyl (C=O) groups excluding carboxylic acids is 1. The van der Waals surface area contributed by atoms with Gasteiger partial charge in [0.2, 0.25) is 5.91 Å². The Morgan fingerprint density at radius 2 is 1.75 bits per heavy atom. The van der Waals surface area contributed by atoms with Gasteiger partial charge >= 0.3 is 0 Å². The average Bonchev–Trinajstić information content (AvgIpc) is 2.48. The molecule has 0 aliphatic carbocycles. The molecule has 0 saturated heterocycles. The average molecular weight is 268 g/mol. The summed E-state index contributed by atoms with van der Waals surface area (Å²) in [5, 5.41) is 2.97. The van der Waals surface area contributed by atoms with E-state index in [-0.39, 0.29) is 11.8 Å². The fourth-order valence-electron chi connectivity index (χ4n) is 2.19. The molecule has 1 atom stereocenters. The summed E-state index contributed by atoms with van der Waals surface area (Å²) in [6, 6.07) is 17.7. The Kier molecular flexibility index (Phi) is 4.91. The maximum absolute atomic E-state index is 12.3. The molecule has 3 N–H and O–H groups in total. The standard InChI is InChI=1S/C17H20N2O/c1-13-7-5-6-10-15(13)12-19-17(20)16(11-18)14-8-3-2-4-9-14/h2-10,16H,11-12,18H2,1H3,(H,19,20). The zero-order valence-electron chi connectivity index (χ0n) is 11.7. The number of carbonyl (C=O) groups is 1. The first-order valence-corrected chi connectivity index (χ1v) is 6.79. The van der Waals surface area contributed by atoms with Gasteiger partial charge in [0.1, 0.15) is 0 Å². The molecule has 2 rings (SSSR count). The van der Waals surface area contributed by atoms with Crippen molar-refractivity contribution in [3.8, 4) is 0 Å². The first kappa shape index (κ1) is 14.3. The molecule has 0 fully saturated rings. The Bertz CT molecular complexity index is 566. The molecule has 104 valence electrons. The summed E-state index contributed by atoms with van der Waals surface area (Å²) in [6.07, 6.45) is 0. The lowest BCUT2D eigenvalue weighted by atomic mass is 9.98. The van der Waals surface area contributed by atoms with E-state index in [2.05, 4.69) is 5.32 Å². The van der Waals surface area contributed by atoms with Gasteiger partial charge in [-0.15, -0.1) is 0 Å². The van der Waals surface area contributed by atoms with Crippen molar-refractivity contribution < 1.29 is 4.79 Å². The third kappa shape index (κ3) is 3.45. The van der Waals surface area contributed by atoms with E-state index in [1.807, 2.05) is 61.5 Å². The lowest BCUT2D eigenvalue weighted by molar-refractivity contribution is -0.122. The van der Waals surface area contributed by atoms with E-state index < -0.39 is 0 Å². The highest BCUT2D eigenvalue weighted by Gasteiger charge is 2.18. The molecule has 2 aromatic rings. The molecule has 0 aliphatic rings. The fourth-order valence-corrected chi connectivity index (χ4v) is 2.19. The lowest BCUT2D eigenvalue weighted by Crippen LogP contribution is -2.33. The summed E-state index contributed by atoms with van der Waals surface area (Å²) in [6.45, 7) is 2.89. The molecule has 3 nitrogen and oxygen atoms in total. The van der Waals surface area contributed by atoms with Crippen molar-refractivity contribution >= 4 is 5.91 Å². The van der Waals surface area contributed by atoms with E-state index in [0.717, 1.165) is 11.1 Å². The van der Waals surface area contributed by atoms with Crippen molar-refractivity contribution in [2.24, 2.45) is 5.73 Å². The third-order valence-electron chi connectivity index (χ3n) is 3.47. The van der Waals surface area contributed by atoms with Crippen LogP contribution in [0.15, 0.2) is 54.6 Å². The molecular weight excluding hydrogens is 248 g/mol. The lowest BCUT2D eigenvalue weighted by Gasteiger charge is -2.16. The highest BCUT2D eigenvalue weighted by atomic mass is 16.1. The van der Waals surface area contributed by atoms with Gasteiger partial charge in [-0.1, -0.05) is 54.6 Å². The molecule has 2 aromatic carbocycles. The molecule has 1 unspecified atom stereocenters. The second-order valence-electron chi connectivity index (χ2n) is 4.84. The van der Waals surface area contributed by atoms with Gasteiger partial charge in [0.15, 0.2) is 0 Å². The maximum Gasteiger partial charge on any atom is 0.229 e. The molecule has 0 saturated carbocycles. The molecule has 0 bridgehead atoms. The highest BCUT2D eigenvalue weighted by molar-refractivity contribution is 5.83. The van der Waals surface area contributed by atoms with Gasteiger partial charge in [-0.05, 0) is 23.6 Å². The second-order valence-corrected chi connectivity index (χ2v) is 4.84. The summed E-state index contributed by atoms with van der Waals surface area (Å²) in [5.74, 6) is -0.317. The topological polar surface area (TPSA) is 55.1 Å². The number of aryl methyl sites for hydroxylation is 1. The molecule has 0 heterocycles. The predicted molar refractivity (Wildman–Crippen MR) is 81.3 cm³/mol. The van der Waals surface area contributed by atoms with Crippen LogP contribution in [-0.2, 0) is 11.3 Å². The van der Waals surface area contributed by atoms with Crippen molar-refractivity contribution in [2.45, 2.75) is 19.4 Å². The fraction of sp³-hybridized carbons (Fsp3) is 0.235. The van der Waals surface area contributed by atoms with Gasteiger partial charge in [0.05, 0.1) is 5.92 Å². The van der Waals surface area contributed by atoms with Crippen molar-refractivity contribution in [2.75, 3.05) is 6.54 Å². The zero-order valence-corrected chi connectivity index (χ0v) is 11.7. The molecule has 0 radical (unpaired) electrons. The van der Waals surface area contributed by atoms with Gasteiger partial charge in [-0.2, -0.15) is 0 Å². The molecule has 0 spiro atoms. The predicted octanol–water partition coefficient (Wildman–Crippen LogP) is 2.35. The first-order chi connectivity index (χ1) is 9.72. The summed E-state index contributed by atoms with van der Waals surface area (Å²) >= 11 is 0. The Morgan fingerprint density at radius 1 is 1.10 bits per heavy atom. The largest absolute Gasteiger partial charge is 0.351 e. The minimum Gasteiger partial charge on any atom is -0.351 e. The van der Waals surface area contributed by atoms with Crippen molar-refractivity contribution in [1.29, 1.82) is 0 Å². The smallest absolute Gasteiger partial charge is 0.229 e. The molecule has 0 aliphatic heterocycles. The van der Waals surface area contributed by atoms with E-state index in [9.17, 15) is 4.79 Å². The van der Waals surface area contributed by atoms with E-state index in [4.69, 9.17) is 5.73 Å². The number of hydrogen-bond donors (Lipinski definition) is 2. The van der Waals surface area contributed by atoms with Crippen LogP contribution in [0.2, 0.25) is 0 Å². The molecule has 0 aromatic heterocycles. The van der Waals surface area contributed by atoms with Gasteiger partial charge < -0.3 is 11.1 Å². The van der Waals surface area contributed by atoms with Crippen LogP contribution in [0, 0.1) is 6.92 Å². The Hall–Kier alpha value is -2.13. The van der Waals surface area contributed by atoms with Crippen LogP contribution in [0.25, 0.3) is 0 Å².